The van der Waals surface area contributed by atoms with E-state index in [-0.39, 0.29) is 12.2 Å². The van der Waals surface area contributed by atoms with Crippen LogP contribution < -0.4 is 10.4 Å². The van der Waals surface area contributed by atoms with Crippen molar-refractivity contribution in [3.63, 3.8) is 0 Å². The molecule has 0 aliphatic rings. The number of ether oxygens (including phenoxy) is 1. The molecule has 10 heteroatoms. The lowest BCUT2D eigenvalue weighted by Crippen LogP contribution is -2.22. The van der Waals surface area contributed by atoms with Gasteiger partial charge in [-0.3, -0.25) is 0 Å². The predicted octanol–water partition coefficient (Wildman–Crippen LogP) is 6.16. The topological polar surface area (TPSA) is 65.8 Å². The number of hydrogen-bond acceptors (Lipinski definition) is 4. The summed E-state index contributed by atoms with van der Waals surface area (Å²) in [7, 11) is 1.57. The Hall–Kier alpha value is -4.91. The Labute approximate surface area is 215 Å². The summed E-state index contributed by atoms with van der Waals surface area (Å²) in [5.41, 5.74) is 3.16. The molecule has 2 aromatic carbocycles. The van der Waals surface area contributed by atoms with E-state index in [1.165, 1.54) is 22.1 Å². The third-order valence-electron chi connectivity index (χ3n) is 6.25. The van der Waals surface area contributed by atoms with E-state index in [1.54, 1.807) is 43.6 Å². The molecule has 0 aliphatic carbocycles. The first kappa shape index (κ1) is 24.8. The molecule has 0 saturated heterocycles. The van der Waals surface area contributed by atoms with E-state index in [9.17, 15) is 18.0 Å². The summed E-state index contributed by atoms with van der Waals surface area (Å²) in [6, 6.07) is 18.4. The first-order valence-electron chi connectivity index (χ1n) is 11.5. The van der Waals surface area contributed by atoms with Crippen LogP contribution in [-0.2, 0) is 12.7 Å². The molecule has 38 heavy (non-hydrogen) atoms. The summed E-state index contributed by atoms with van der Waals surface area (Å²) in [6.45, 7) is 8.64. The minimum Gasteiger partial charge on any atom is -0.497 e. The Morgan fingerprint density at radius 2 is 1.66 bits per heavy atom. The number of aryl methyl sites for hydroxylation is 1. The lowest BCUT2D eigenvalue weighted by molar-refractivity contribution is -0.141. The number of halogens is 3. The van der Waals surface area contributed by atoms with Crippen LogP contribution >= 0.6 is 0 Å². The summed E-state index contributed by atoms with van der Waals surface area (Å²) in [6.07, 6.45) is -2.94. The molecule has 190 valence electrons. The highest BCUT2D eigenvalue weighted by Crippen LogP contribution is 2.36. The van der Waals surface area contributed by atoms with Crippen LogP contribution in [0.3, 0.4) is 0 Å². The predicted molar refractivity (Wildman–Crippen MR) is 136 cm³/mol. The lowest BCUT2D eigenvalue weighted by atomic mass is 9.95. The molecule has 0 aliphatic heterocycles. The molecule has 0 unspecified atom stereocenters. The number of hydrogen-bond donors (Lipinski definition) is 0. The highest BCUT2D eigenvalue weighted by Gasteiger charge is 2.32. The van der Waals surface area contributed by atoms with Gasteiger partial charge in [0, 0.05) is 17.5 Å². The molecule has 0 radical (unpaired) electrons. The number of nitrogens with zero attached hydrogens (tertiary/aromatic N) is 5. The zero-order valence-corrected chi connectivity index (χ0v) is 20.3. The molecule has 0 amide bonds. The van der Waals surface area contributed by atoms with Gasteiger partial charge >= 0.3 is 11.9 Å². The summed E-state index contributed by atoms with van der Waals surface area (Å²) >= 11 is 0. The van der Waals surface area contributed by atoms with Gasteiger partial charge in [-0.1, -0.05) is 42.5 Å². The summed E-state index contributed by atoms with van der Waals surface area (Å²) in [4.78, 5) is 20.4. The quantitative estimate of drug-likeness (QED) is 0.263. The van der Waals surface area contributed by atoms with E-state index in [0.717, 1.165) is 22.8 Å². The van der Waals surface area contributed by atoms with E-state index >= 15 is 0 Å². The van der Waals surface area contributed by atoms with Crippen molar-refractivity contribution < 1.29 is 17.9 Å². The number of aromatic nitrogens is 4. The van der Waals surface area contributed by atoms with Crippen LogP contribution in [-0.4, -0.2) is 26.3 Å². The van der Waals surface area contributed by atoms with Gasteiger partial charge < -0.3 is 4.74 Å². The van der Waals surface area contributed by atoms with Crippen molar-refractivity contribution in [1.82, 2.24) is 19.2 Å². The number of alkyl halides is 3. The monoisotopic (exact) mass is 515 g/mol. The first-order chi connectivity index (χ1) is 18.2. The van der Waals surface area contributed by atoms with Gasteiger partial charge in [0.2, 0.25) is 0 Å². The molecular formula is C28H20F3N5O2. The maximum atomic E-state index is 13.3. The van der Waals surface area contributed by atoms with Gasteiger partial charge in [0.05, 0.1) is 20.2 Å². The summed E-state index contributed by atoms with van der Waals surface area (Å²) in [5.74, 6) is 0.664. The maximum absolute atomic E-state index is 13.3. The fourth-order valence-electron chi connectivity index (χ4n) is 4.26. The van der Waals surface area contributed by atoms with Crippen LogP contribution in [0.4, 0.5) is 18.9 Å². The fraction of sp³-hybridized carbons (Fsp3) is 0.143. The van der Waals surface area contributed by atoms with Gasteiger partial charge in [-0.25, -0.2) is 23.7 Å². The van der Waals surface area contributed by atoms with Crippen LogP contribution in [0.5, 0.6) is 5.75 Å². The van der Waals surface area contributed by atoms with E-state index in [1.807, 2.05) is 24.3 Å². The fourth-order valence-corrected chi connectivity index (χ4v) is 4.26. The van der Waals surface area contributed by atoms with Gasteiger partial charge in [-0.2, -0.15) is 13.2 Å². The van der Waals surface area contributed by atoms with Crippen LogP contribution in [0.1, 0.15) is 17.0 Å². The minimum atomic E-state index is -4.56. The van der Waals surface area contributed by atoms with Crippen LogP contribution in [0.25, 0.3) is 32.7 Å². The SMILES string of the molecule is [C-]#[N+]c1ccc(-c2ccn3c(=O)n(Cc4ccc(C(F)(F)F)nc4C)nc3c2-c2ccc(OC)cc2)cc1. The van der Waals surface area contributed by atoms with Crippen LogP contribution in [0.15, 0.2) is 77.7 Å². The second kappa shape index (κ2) is 9.52. The number of methoxy groups -OCH3 is 1. The molecule has 3 heterocycles. The van der Waals surface area contributed by atoms with E-state index in [4.69, 9.17) is 11.3 Å². The molecule has 0 bridgehead atoms. The van der Waals surface area contributed by atoms with E-state index in [0.29, 0.717) is 28.2 Å². The highest BCUT2D eigenvalue weighted by molar-refractivity contribution is 5.92. The third kappa shape index (κ3) is 4.50. The Balaban J connectivity index is 1.67. The van der Waals surface area contributed by atoms with E-state index < -0.39 is 17.6 Å². The van der Waals surface area contributed by atoms with Crippen molar-refractivity contribution in [3.8, 4) is 28.0 Å². The molecule has 5 aromatic rings. The normalized spacial score (nSPS) is 11.5. The smallest absolute Gasteiger partial charge is 0.433 e. The average molecular weight is 515 g/mol. The summed E-state index contributed by atoms with van der Waals surface area (Å²) < 4.78 is 47.0. The van der Waals surface area contributed by atoms with Gasteiger partial charge in [-0.05, 0) is 53.4 Å². The first-order valence-corrected chi connectivity index (χ1v) is 11.5. The Morgan fingerprint density at radius 3 is 2.26 bits per heavy atom. The van der Waals surface area contributed by atoms with Gasteiger partial charge in [0.15, 0.2) is 11.3 Å². The summed E-state index contributed by atoms with van der Waals surface area (Å²) in [5, 5.41) is 4.60. The zero-order chi connectivity index (χ0) is 27.0. The lowest BCUT2D eigenvalue weighted by Gasteiger charge is -2.12. The van der Waals surface area contributed by atoms with Crippen molar-refractivity contribution in [2.45, 2.75) is 19.6 Å². The van der Waals surface area contributed by atoms with Crippen molar-refractivity contribution in [3.05, 3.63) is 112 Å². The Morgan fingerprint density at radius 1 is 0.974 bits per heavy atom. The van der Waals surface area contributed by atoms with Gasteiger partial charge in [-0.15, -0.1) is 5.10 Å². The van der Waals surface area contributed by atoms with Crippen molar-refractivity contribution in [2.24, 2.45) is 0 Å². The van der Waals surface area contributed by atoms with E-state index in [2.05, 4.69) is 14.9 Å². The largest absolute Gasteiger partial charge is 0.497 e. The second-order valence-corrected chi connectivity index (χ2v) is 8.56. The molecule has 5 rings (SSSR count). The number of pyridine rings is 2. The van der Waals surface area contributed by atoms with Gasteiger partial charge in [0.25, 0.3) is 0 Å². The molecular weight excluding hydrogens is 495 g/mol. The van der Waals surface area contributed by atoms with Crippen molar-refractivity contribution >= 4 is 11.3 Å². The highest BCUT2D eigenvalue weighted by atomic mass is 19.4. The Bertz CT molecular complexity index is 1750. The average Bonchev–Trinajstić information content (AvgIpc) is 3.23. The molecule has 0 spiro atoms. The standard InChI is InChI=1S/C28H20F3N5O2/c1-17-20(8-13-24(33-17)28(29,30)31)16-36-27(37)35-15-14-23(18-4-9-21(32-2)10-5-18)25(26(35)34-36)19-6-11-22(38-3)12-7-19/h4-15H,16H2,1,3H3. The second-order valence-electron chi connectivity index (χ2n) is 8.56. The number of rotatable bonds is 5. The molecule has 7 nitrogen and oxygen atoms in total. The van der Waals surface area contributed by atoms with Crippen LogP contribution in [0.2, 0.25) is 0 Å². The van der Waals surface area contributed by atoms with Crippen molar-refractivity contribution in [1.29, 1.82) is 0 Å². The molecule has 0 atom stereocenters. The molecule has 0 N–H and O–H groups in total. The zero-order valence-electron chi connectivity index (χ0n) is 20.3. The van der Waals surface area contributed by atoms with Crippen molar-refractivity contribution in [2.75, 3.05) is 7.11 Å². The molecule has 0 fully saturated rings. The molecule has 3 aromatic heterocycles. The van der Waals surface area contributed by atoms with Gasteiger partial charge in [0.1, 0.15) is 11.4 Å². The molecule has 0 saturated carbocycles. The van der Waals surface area contributed by atoms with Crippen LogP contribution in [0, 0.1) is 13.5 Å². The minimum absolute atomic E-state index is 0.0471. The third-order valence-corrected chi connectivity index (χ3v) is 6.25. The Kier molecular flexibility index (Phi) is 6.20. The maximum Gasteiger partial charge on any atom is 0.433 e. The number of fused-ring (bicyclic) bond motifs is 1. The number of benzene rings is 2.